The standard InChI is InChI=1S/C11H11NO4/c1-13-8-5-7(3-4-12)9(14-2)11-10(8)15-6-16-11/h5H,3,6H2,1-2H3. The van der Waals surface area contributed by atoms with Gasteiger partial charge in [-0.3, -0.25) is 0 Å². The van der Waals surface area contributed by atoms with Gasteiger partial charge in [0.1, 0.15) is 0 Å². The van der Waals surface area contributed by atoms with Crippen molar-refractivity contribution in [2.75, 3.05) is 21.0 Å². The van der Waals surface area contributed by atoms with Gasteiger partial charge in [0.15, 0.2) is 11.5 Å². The average molecular weight is 221 g/mol. The fourth-order valence-electron chi connectivity index (χ4n) is 1.66. The van der Waals surface area contributed by atoms with Crippen LogP contribution in [0, 0.1) is 11.3 Å². The molecule has 0 aromatic heterocycles. The summed E-state index contributed by atoms with van der Waals surface area (Å²) in [6.45, 7) is 0.137. The highest BCUT2D eigenvalue weighted by Crippen LogP contribution is 2.49. The molecule has 2 rings (SSSR count). The molecular weight excluding hydrogens is 210 g/mol. The maximum Gasteiger partial charge on any atom is 0.231 e. The van der Waals surface area contributed by atoms with Gasteiger partial charge in [0.2, 0.25) is 18.3 Å². The Morgan fingerprint density at radius 2 is 2.06 bits per heavy atom. The molecule has 0 saturated heterocycles. The van der Waals surface area contributed by atoms with E-state index in [2.05, 4.69) is 6.07 Å². The molecule has 0 amide bonds. The van der Waals surface area contributed by atoms with Gasteiger partial charge in [-0.05, 0) is 6.07 Å². The largest absolute Gasteiger partial charge is 0.493 e. The smallest absolute Gasteiger partial charge is 0.231 e. The fraction of sp³-hybridized carbons (Fsp3) is 0.364. The molecule has 0 bridgehead atoms. The van der Waals surface area contributed by atoms with E-state index in [4.69, 9.17) is 24.2 Å². The molecule has 0 unspecified atom stereocenters. The van der Waals surface area contributed by atoms with Crippen molar-refractivity contribution >= 4 is 0 Å². The summed E-state index contributed by atoms with van der Waals surface area (Å²) in [6.07, 6.45) is 0.232. The second kappa shape index (κ2) is 4.19. The Labute approximate surface area is 93.1 Å². The molecule has 1 aliphatic rings. The monoisotopic (exact) mass is 221 g/mol. The van der Waals surface area contributed by atoms with Gasteiger partial charge in [0.05, 0.1) is 26.7 Å². The predicted octanol–water partition coefficient (Wildman–Crippen LogP) is 1.50. The number of hydrogen-bond donors (Lipinski definition) is 0. The van der Waals surface area contributed by atoms with Crippen molar-refractivity contribution in [3.05, 3.63) is 11.6 Å². The Balaban J connectivity index is 2.59. The number of fused-ring (bicyclic) bond motifs is 1. The van der Waals surface area contributed by atoms with E-state index in [1.807, 2.05) is 0 Å². The predicted molar refractivity (Wildman–Crippen MR) is 55.0 cm³/mol. The van der Waals surface area contributed by atoms with Gasteiger partial charge in [0, 0.05) is 5.56 Å². The summed E-state index contributed by atoms with van der Waals surface area (Å²) in [5.41, 5.74) is 0.728. The van der Waals surface area contributed by atoms with Crippen molar-refractivity contribution in [2.24, 2.45) is 0 Å². The summed E-state index contributed by atoms with van der Waals surface area (Å²) in [4.78, 5) is 0. The van der Waals surface area contributed by atoms with Crippen LogP contribution in [0.1, 0.15) is 5.56 Å². The molecule has 0 N–H and O–H groups in total. The third-order valence-corrected chi connectivity index (χ3v) is 2.33. The van der Waals surface area contributed by atoms with Gasteiger partial charge in [-0.1, -0.05) is 0 Å². The highest BCUT2D eigenvalue weighted by molar-refractivity contribution is 5.64. The maximum absolute atomic E-state index is 8.73. The van der Waals surface area contributed by atoms with E-state index in [-0.39, 0.29) is 13.2 Å². The van der Waals surface area contributed by atoms with E-state index in [0.717, 1.165) is 5.56 Å². The molecule has 1 aromatic carbocycles. The van der Waals surface area contributed by atoms with Crippen LogP contribution in [-0.4, -0.2) is 21.0 Å². The number of nitrogens with zero attached hydrogens (tertiary/aromatic N) is 1. The normalized spacial score (nSPS) is 12.1. The highest BCUT2D eigenvalue weighted by atomic mass is 16.7. The van der Waals surface area contributed by atoms with Gasteiger partial charge >= 0.3 is 0 Å². The summed E-state index contributed by atoms with van der Waals surface area (Å²) in [5.74, 6) is 2.13. The van der Waals surface area contributed by atoms with Crippen LogP contribution in [0.15, 0.2) is 6.07 Å². The first-order chi connectivity index (χ1) is 7.81. The van der Waals surface area contributed by atoms with Crippen molar-refractivity contribution in [1.82, 2.24) is 0 Å². The van der Waals surface area contributed by atoms with Crippen LogP contribution in [0.25, 0.3) is 0 Å². The number of methoxy groups -OCH3 is 2. The first-order valence-electron chi connectivity index (χ1n) is 4.72. The molecule has 0 saturated carbocycles. The summed E-state index contributed by atoms with van der Waals surface area (Å²) in [5, 5.41) is 8.73. The molecule has 1 aromatic rings. The average Bonchev–Trinajstić information content (AvgIpc) is 2.77. The minimum atomic E-state index is 0.137. The molecular formula is C11H11NO4. The number of ether oxygens (including phenoxy) is 4. The minimum Gasteiger partial charge on any atom is -0.493 e. The zero-order valence-corrected chi connectivity index (χ0v) is 9.07. The second-order valence-corrected chi connectivity index (χ2v) is 3.17. The number of benzene rings is 1. The Hall–Kier alpha value is -2.09. The van der Waals surface area contributed by atoms with Gasteiger partial charge < -0.3 is 18.9 Å². The lowest BCUT2D eigenvalue weighted by atomic mass is 10.1. The van der Waals surface area contributed by atoms with E-state index in [0.29, 0.717) is 23.0 Å². The first-order valence-corrected chi connectivity index (χ1v) is 4.72. The Morgan fingerprint density at radius 3 is 2.69 bits per heavy atom. The second-order valence-electron chi connectivity index (χ2n) is 3.17. The van der Waals surface area contributed by atoms with E-state index >= 15 is 0 Å². The lowest BCUT2D eigenvalue weighted by Gasteiger charge is -2.11. The van der Waals surface area contributed by atoms with E-state index in [1.165, 1.54) is 7.11 Å². The lowest BCUT2D eigenvalue weighted by Crippen LogP contribution is -1.95. The SMILES string of the molecule is COc1cc(CC#N)c(OC)c2c1OCO2. The Bertz CT molecular complexity index is 450. The van der Waals surface area contributed by atoms with Crippen LogP contribution in [0.3, 0.4) is 0 Å². The third kappa shape index (κ3) is 1.48. The van der Waals surface area contributed by atoms with Crippen LogP contribution in [0.4, 0.5) is 0 Å². The lowest BCUT2D eigenvalue weighted by molar-refractivity contribution is 0.168. The van der Waals surface area contributed by atoms with Crippen LogP contribution < -0.4 is 18.9 Å². The Morgan fingerprint density at radius 1 is 1.31 bits per heavy atom. The zero-order chi connectivity index (χ0) is 11.5. The van der Waals surface area contributed by atoms with Gasteiger partial charge in [-0.25, -0.2) is 0 Å². The summed E-state index contributed by atoms with van der Waals surface area (Å²) in [7, 11) is 3.07. The van der Waals surface area contributed by atoms with E-state index in [9.17, 15) is 0 Å². The van der Waals surface area contributed by atoms with Crippen molar-refractivity contribution in [2.45, 2.75) is 6.42 Å². The van der Waals surface area contributed by atoms with Gasteiger partial charge in [0.25, 0.3) is 0 Å². The molecule has 0 aliphatic carbocycles. The highest BCUT2D eigenvalue weighted by Gasteiger charge is 2.26. The molecule has 1 aliphatic heterocycles. The number of rotatable bonds is 3. The summed E-state index contributed by atoms with van der Waals surface area (Å²) >= 11 is 0. The number of hydrogen-bond acceptors (Lipinski definition) is 5. The molecule has 16 heavy (non-hydrogen) atoms. The van der Waals surface area contributed by atoms with Crippen LogP contribution in [-0.2, 0) is 6.42 Å². The topological polar surface area (TPSA) is 60.7 Å². The van der Waals surface area contributed by atoms with Gasteiger partial charge in [-0.15, -0.1) is 0 Å². The van der Waals surface area contributed by atoms with Crippen molar-refractivity contribution in [3.63, 3.8) is 0 Å². The van der Waals surface area contributed by atoms with Crippen molar-refractivity contribution in [1.29, 1.82) is 5.26 Å². The zero-order valence-electron chi connectivity index (χ0n) is 9.07. The molecule has 0 radical (unpaired) electrons. The van der Waals surface area contributed by atoms with Crippen molar-refractivity contribution < 1.29 is 18.9 Å². The van der Waals surface area contributed by atoms with Crippen LogP contribution >= 0.6 is 0 Å². The Kier molecular flexibility index (Phi) is 2.73. The number of nitriles is 1. The van der Waals surface area contributed by atoms with Crippen LogP contribution in [0.5, 0.6) is 23.0 Å². The third-order valence-electron chi connectivity index (χ3n) is 2.33. The molecule has 0 fully saturated rings. The minimum absolute atomic E-state index is 0.137. The molecule has 0 spiro atoms. The molecule has 84 valence electrons. The van der Waals surface area contributed by atoms with E-state index < -0.39 is 0 Å². The molecule has 1 heterocycles. The van der Waals surface area contributed by atoms with E-state index in [1.54, 1.807) is 13.2 Å². The molecule has 0 atom stereocenters. The quantitative estimate of drug-likeness (QED) is 0.774. The fourth-order valence-corrected chi connectivity index (χ4v) is 1.66. The summed E-state index contributed by atoms with van der Waals surface area (Å²) < 4.78 is 21.0. The molecule has 5 nitrogen and oxygen atoms in total. The van der Waals surface area contributed by atoms with Crippen LogP contribution in [0.2, 0.25) is 0 Å². The van der Waals surface area contributed by atoms with Gasteiger partial charge in [-0.2, -0.15) is 5.26 Å². The molecule has 5 heteroatoms. The van der Waals surface area contributed by atoms with Crippen molar-refractivity contribution in [3.8, 4) is 29.1 Å². The summed E-state index contributed by atoms with van der Waals surface area (Å²) in [6, 6.07) is 3.80. The maximum atomic E-state index is 8.73. The first kappa shape index (κ1) is 10.4.